The Hall–Kier alpha value is -2.82. The summed E-state index contributed by atoms with van der Waals surface area (Å²) in [5, 5.41) is 0.606. The van der Waals surface area contributed by atoms with Crippen LogP contribution >= 0.6 is 0 Å². The first kappa shape index (κ1) is 16.5. The van der Waals surface area contributed by atoms with E-state index in [0.29, 0.717) is 10.1 Å². The second kappa shape index (κ2) is 6.52. The topological polar surface area (TPSA) is 153 Å². The van der Waals surface area contributed by atoms with Gasteiger partial charge in [0.25, 0.3) is 23.6 Å². The molecule has 11 nitrogen and oxygen atoms in total. The van der Waals surface area contributed by atoms with Crippen LogP contribution in [0.1, 0.15) is 32.1 Å². The van der Waals surface area contributed by atoms with Crippen LogP contribution in [0, 0.1) is 0 Å². The van der Waals surface area contributed by atoms with Crippen molar-refractivity contribution in [3.63, 3.8) is 0 Å². The predicted octanol–water partition coefficient (Wildman–Crippen LogP) is -2.08. The van der Waals surface area contributed by atoms with Gasteiger partial charge in [0, 0.05) is 25.7 Å². The Kier molecular flexibility index (Phi) is 4.69. The lowest BCUT2D eigenvalue weighted by molar-refractivity contribution is -0.202. The van der Waals surface area contributed by atoms with E-state index in [-0.39, 0.29) is 25.7 Å². The summed E-state index contributed by atoms with van der Waals surface area (Å²) >= 11 is 0. The number of nitrogens with zero attached hydrogens (tertiary/aromatic N) is 2. The highest BCUT2D eigenvalue weighted by molar-refractivity contribution is 6.02. The monoisotopic (exact) mass is 327 g/mol. The van der Waals surface area contributed by atoms with Crippen LogP contribution in [-0.4, -0.2) is 51.7 Å². The first-order valence-corrected chi connectivity index (χ1v) is 6.69. The molecular weight excluding hydrogens is 314 g/mol. The molecule has 124 valence electrons. The predicted molar refractivity (Wildman–Crippen MR) is 67.0 cm³/mol. The minimum absolute atomic E-state index is 0.0700. The van der Waals surface area contributed by atoms with Gasteiger partial charge in [0.1, 0.15) is 6.04 Å². The molecule has 11 heteroatoms. The molecule has 0 bridgehead atoms. The van der Waals surface area contributed by atoms with Crippen molar-refractivity contribution in [2.45, 2.75) is 38.1 Å². The van der Waals surface area contributed by atoms with Gasteiger partial charge in [-0.2, -0.15) is 0 Å². The Bertz CT molecular complexity index is 569. The summed E-state index contributed by atoms with van der Waals surface area (Å²) in [6.45, 7) is 0. The minimum Gasteiger partial charge on any atom is -0.330 e. The zero-order chi connectivity index (χ0) is 17.1. The molecule has 0 aromatic rings. The van der Waals surface area contributed by atoms with Crippen LogP contribution in [-0.2, 0) is 38.4 Å². The number of hydrogen-bond acceptors (Lipinski definition) is 9. The lowest BCUT2D eigenvalue weighted by Gasteiger charge is -2.17. The van der Waals surface area contributed by atoms with Gasteiger partial charge in [-0.25, -0.2) is 9.59 Å². The third-order valence-corrected chi connectivity index (χ3v) is 3.08. The fourth-order valence-corrected chi connectivity index (χ4v) is 1.88. The number of hydroxylamine groups is 4. The number of carbonyl (C=O) groups excluding carboxylic acids is 6. The van der Waals surface area contributed by atoms with Crippen molar-refractivity contribution in [1.82, 2.24) is 10.1 Å². The van der Waals surface area contributed by atoms with Crippen LogP contribution in [0.4, 0.5) is 0 Å². The van der Waals surface area contributed by atoms with Crippen molar-refractivity contribution in [3.05, 3.63) is 0 Å². The summed E-state index contributed by atoms with van der Waals surface area (Å²) in [4.78, 5) is 77.4. The van der Waals surface area contributed by atoms with E-state index in [1.807, 2.05) is 0 Å². The molecule has 0 unspecified atom stereocenters. The third-order valence-electron chi connectivity index (χ3n) is 3.08. The number of carbonyl (C=O) groups is 6. The van der Waals surface area contributed by atoms with E-state index in [2.05, 4.69) is 9.68 Å². The summed E-state index contributed by atoms with van der Waals surface area (Å²) in [6, 6.07) is -1.53. The highest BCUT2D eigenvalue weighted by atomic mass is 16.7. The van der Waals surface area contributed by atoms with Crippen LogP contribution < -0.4 is 5.73 Å². The Morgan fingerprint density at radius 3 is 1.70 bits per heavy atom. The molecule has 0 aromatic heterocycles. The van der Waals surface area contributed by atoms with E-state index in [0.717, 1.165) is 0 Å². The number of amides is 4. The van der Waals surface area contributed by atoms with Crippen molar-refractivity contribution < 1.29 is 38.4 Å². The van der Waals surface area contributed by atoms with Gasteiger partial charge in [-0.05, 0) is 0 Å². The van der Waals surface area contributed by atoms with Crippen LogP contribution in [0.5, 0.6) is 0 Å². The molecule has 0 spiro atoms. The Labute approximate surface area is 129 Å². The van der Waals surface area contributed by atoms with Gasteiger partial charge in [-0.15, -0.1) is 10.1 Å². The largest absolute Gasteiger partial charge is 0.350 e. The maximum Gasteiger partial charge on any atom is 0.350 e. The molecule has 0 aliphatic carbocycles. The molecule has 2 saturated heterocycles. The highest BCUT2D eigenvalue weighted by Gasteiger charge is 2.36. The molecule has 0 saturated carbocycles. The highest BCUT2D eigenvalue weighted by Crippen LogP contribution is 2.14. The number of imide groups is 2. The molecule has 2 N–H and O–H groups in total. The zero-order valence-corrected chi connectivity index (χ0v) is 11.9. The standard InChI is InChI=1S/C12H13N3O8/c13-6(12(21)23-15-9(18)3-4-10(15)19)5-11(20)22-14-7(16)1-2-8(14)17/h6H,1-5,13H2/t6-/m0/s1. The van der Waals surface area contributed by atoms with Gasteiger partial charge in [0.15, 0.2) is 0 Å². The first-order chi connectivity index (χ1) is 10.8. The number of hydrogen-bond donors (Lipinski definition) is 1. The summed E-state index contributed by atoms with van der Waals surface area (Å²) < 4.78 is 0. The van der Waals surface area contributed by atoms with Crippen LogP contribution in [0.25, 0.3) is 0 Å². The van der Waals surface area contributed by atoms with Crippen molar-refractivity contribution in [2.24, 2.45) is 5.73 Å². The average molecular weight is 327 g/mol. The fourth-order valence-electron chi connectivity index (χ4n) is 1.88. The maximum atomic E-state index is 11.6. The van der Waals surface area contributed by atoms with E-state index in [1.54, 1.807) is 0 Å². The summed E-state index contributed by atoms with van der Waals surface area (Å²) in [5.74, 6) is -5.01. The number of nitrogens with two attached hydrogens (primary N) is 1. The lowest BCUT2D eigenvalue weighted by Crippen LogP contribution is -2.42. The lowest BCUT2D eigenvalue weighted by atomic mass is 10.2. The van der Waals surface area contributed by atoms with Gasteiger partial charge in [-0.3, -0.25) is 19.2 Å². The second-order valence-corrected chi connectivity index (χ2v) is 4.85. The molecule has 1 atom stereocenters. The molecule has 2 heterocycles. The summed E-state index contributed by atoms with van der Waals surface area (Å²) in [7, 11) is 0. The quantitative estimate of drug-likeness (QED) is 0.560. The van der Waals surface area contributed by atoms with E-state index < -0.39 is 48.0 Å². The van der Waals surface area contributed by atoms with Crippen molar-refractivity contribution in [3.8, 4) is 0 Å². The normalized spacial score (nSPS) is 19.3. The fraction of sp³-hybridized carbons (Fsp3) is 0.500. The second-order valence-electron chi connectivity index (χ2n) is 4.85. The van der Waals surface area contributed by atoms with Gasteiger partial charge in [0.2, 0.25) is 0 Å². The minimum atomic E-state index is -1.53. The van der Waals surface area contributed by atoms with Gasteiger partial charge in [-0.1, -0.05) is 0 Å². The molecule has 2 rings (SSSR count). The Morgan fingerprint density at radius 2 is 1.26 bits per heavy atom. The van der Waals surface area contributed by atoms with Crippen molar-refractivity contribution in [1.29, 1.82) is 0 Å². The molecule has 2 aliphatic heterocycles. The van der Waals surface area contributed by atoms with Crippen LogP contribution in [0.15, 0.2) is 0 Å². The maximum absolute atomic E-state index is 11.6. The Balaban J connectivity index is 1.84. The van der Waals surface area contributed by atoms with Crippen molar-refractivity contribution >= 4 is 35.6 Å². The molecule has 2 aliphatic rings. The zero-order valence-electron chi connectivity index (χ0n) is 11.9. The number of rotatable bonds is 5. The Morgan fingerprint density at radius 1 is 0.870 bits per heavy atom. The van der Waals surface area contributed by atoms with Gasteiger partial charge in [0.05, 0.1) is 6.42 Å². The third kappa shape index (κ3) is 3.69. The van der Waals surface area contributed by atoms with E-state index >= 15 is 0 Å². The smallest absolute Gasteiger partial charge is 0.330 e. The molecular formula is C12H13N3O8. The van der Waals surface area contributed by atoms with Gasteiger partial charge < -0.3 is 15.4 Å². The molecule has 23 heavy (non-hydrogen) atoms. The summed E-state index contributed by atoms with van der Waals surface area (Å²) in [6.07, 6.45) is -1.00. The molecule has 0 aromatic carbocycles. The summed E-state index contributed by atoms with van der Waals surface area (Å²) in [5.41, 5.74) is 5.42. The van der Waals surface area contributed by atoms with Gasteiger partial charge >= 0.3 is 11.9 Å². The molecule has 4 amide bonds. The van der Waals surface area contributed by atoms with E-state index in [1.165, 1.54) is 0 Å². The van der Waals surface area contributed by atoms with Crippen LogP contribution in [0.2, 0.25) is 0 Å². The SMILES string of the molecule is N[C@@H](CC(=O)ON1C(=O)CCC1=O)C(=O)ON1C(=O)CCC1=O. The van der Waals surface area contributed by atoms with Crippen LogP contribution in [0.3, 0.4) is 0 Å². The molecule has 2 fully saturated rings. The average Bonchev–Trinajstić information content (AvgIpc) is 2.97. The first-order valence-electron chi connectivity index (χ1n) is 6.69. The van der Waals surface area contributed by atoms with Crippen molar-refractivity contribution in [2.75, 3.05) is 0 Å². The van der Waals surface area contributed by atoms with E-state index in [4.69, 9.17) is 5.73 Å². The molecule has 0 radical (unpaired) electrons. The van der Waals surface area contributed by atoms with E-state index in [9.17, 15) is 28.8 Å².